The number of carbonyl (C=O) groups is 2. The van der Waals surface area contributed by atoms with Gasteiger partial charge in [-0.3, -0.25) is 9.80 Å². The number of aromatic amines is 1. The van der Waals surface area contributed by atoms with Crippen molar-refractivity contribution in [2.75, 3.05) is 39.5 Å². The predicted molar refractivity (Wildman–Crippen MR) is 203 cm³/mol. The van der Waals surface area contributed by atoms with E-state index in [1.165, 1.54) is 0 Å². The summed E-state index contributed by atoms with van der Waals surface area (Å²) in [5.74, 6) is 0.659. The molecule has 4 N–H and O–H groups in total. The Balaban J connectivity index is 1.00. The summed E-state index contributed by atoms with van der Waals surface area (Å²) in [6.45, 7) is 13.7. The van der Waals surface area contributed by atoms with Crippen LogP contribution in [0.5, 0.6) is 0 Å². The minimum Gasteiger partial charge on any atom is -0.444 e. The van der Waals surface area contributed by atoms with Crippen LogP contribution in [0.4, 0.5) is 9.59 Å². The van der Waals surface area contributed by atoms with Crippen molar-refractivity contribution in [1.29, 1.82) is 0 Å². The number of H-pyrrole nitrogens is 1. The molecule has 1 spiro atoms. The Bertz CT molecular complexity index is 2070. The van der Waals surface area contributed by atoms with Gasteiger partial charge in [-0.2, -0.15) is 0 Å². The SMILES string of the molecule is CC(C)(C)OC(=O)N1CCOC[C@H]1c1ncc(-c2ccc(-c3ccc4cc(/C(N)=C/NC5=CC56COCCN6C(=O)OC(C)(C)C)ccc4c3)cc2)[nH]1. The first-order valence-corrected chi connectivity index (χ1v) is 18.0. The smallest absolute Gasteiger partial charge is 0.411 e. The molecule has 2 atom stereocenters. The summed E-state index contributed by atoms with van der Waals surface area (Å²) < 4.78 is 22.7. The molecule has 2 aliphatic heterocycles. The third kappa shape index (κ3) is 7.89. The number of carbonyl (C=O) groups excluding carboxylic acids is 2. The van der Waals surface area contributed by atoms with E-state index in [4.69, 9.17) is 24.7 Å². The largest absolute Gasteiger partial charge is 0.444 e. The van der Waals surface area contributed by atoms with Gasteiger partial charge in [0.2, 0.25) is 0 Å². The lowest BCUT2D eigenvalue weighted by Crippen LogP contribution is -2.54. The van der Waals surface area contributed by atoms with E-state index in [1.54, 1.807) is 22.2 Å². The molecule has 2 saturated heterocycles. The van der Waals surface area contributed by atoms with Crippen molar-refractivity contribution in [2.45, 2.75) is 64.3 Å². The number of aromatic nitrogens is 2. The fraction of sp³-hybridized carbons (Fsp3) is 0.390. The maximum atomic E-state index is 12.9. The van der Waals surface area contributed by atoms with Gasteiger partial charge in [0.05, 0.1) is 44.0 Å². The van der Waals surface area contributed by atoms with Crippen molar-refractivity contribution in [3.63, 3.8) is 0 Å². The molecule has 3 heterocycles. The van der Waals surface area contributed by atoms with Crippen molar-refractivity contribution >= 4 is 28.7 Å². The van der Waals surface area contributed by atoms with Crippen LogP contribution in [0, 0.1) is 0 Å². The molecule has 12 heteroatoms. The molecule has 0 saturated carbocycles. The lowest BCUT2D eigenvalue weighted by Gasteiger charge is -2.38. The van der Waals surface area contributed by atoms with E-state index in [0.717, 1.165) is 44.4 Å². The topological polar surface area (TPSA) is 144 Å². The summed E-state index contributed by atoms with van der Waals surface area (Å²) in [4.78, 5) is 37.2. The van der Waals surface area contributed by atoms with Gasteiger partial charge in [0.1, 0.15) is 28.6 Å². The van der Waals surface area contributed by atoms with E-state index < -0.39 is 16.7 Å². The molecule has 278 valence electrons. The minimum atomic E-state index is -0.633. The number of nitrogens with zero attached hydrogens (tertiary/aromatic N) is 3. The Labute approximate surface area is 309 Å². The molecule has 1 aliphatic carbocycles. The van der Waals surface area contributed by atoms with Crippen LogP contribution in [-0.2, 0) is 18.9 Å². The van der Waals surface area contributed by atoms with Crippen LogP contribution in [0.3, 0.4) is 0 Å². The number of nitrogens with two attached hydrogens (primary N) is 1. The molecule has 53 heavy (non-hydrogen) atoms. The van der Waals surface area contributed by atoms with Gasteiger partial charge in [0, 0.05) is 25.0 Å². The van der Waals surface area contributed by atoms with Crippen molar-refractivity contribution in [2.24, 2.45) is 5.73 Å². The second kappa shape index (κ2) is 13.9. The number of ether oxygens (including phenoxy) is 4. The normalized spacial score (nSPS) is 20.7. The maximum absolute atomic E-state index is 12.9. The highest BCUT2D eigenvalue weighted by Crippen LogP contribution is 2.42. The van der Waals surface area contributed by atoms with Gasteiger partial charge in [0.15, 0.2) is 0 Å². The van der Waals surface area contributed by atoms with Crippen LogP contribution in [0.2, 0.25) is 0 Å². The summed E-state index contributed by atoms with van der Waals surface area (Å²) in [5, 5.41) is 5.46. The predicted octanol–water partition coefficient (Wildman–Crippen LogP) is 6.96. The van der Waals surface area contributed by atoms with Gasteiger partial charge < -0.3 is 35.0 Å². The molecular formula is C41H48N6O6. The third-order valence-corrected chi connectivity index (χ3v) is 9.40. The molecular weight excluding hydrogens is 672 g/mol. The Morgan fingerprint density at radius 3 is 2.30 bits per heavy atom. The molecule has 1 unspecified atom stereocenters. The van der Waals surface area contributed by atoms with E-state index in [-0.39, 0.29) is 18.2 Å². The highest BCUT2D eigenvalue weighted by molar-refractivity contribution is 5.90. The van der Waals surface area contributed by atoms with Gasteiger partial charge in [0.25, 0.3) is 0 Å². The molecule has 3 aliphatic rings. The first-order chi connectivity index (χ1) is 25.2. The van der Waals surface area contributed by atoms with Crippen LogP contribution in [0.25, 0.3) is 38.9 Å². The highest BCUT2D eigenvalue weighted by Gasteiger charge is 2.54. The highest BCUT2D eigenvalue weighted by atomic mass is 16.6. The van der Waals surface area contributed by atoms with Crippen molar-refractivity contribution in [3.8, 4) is 22.4 Å². The first-order valence-electron chi connectivity index (χ1n) is 18.0. The van der Waals surface area contributed by atoms with Crippen LogP contribution in [-0.4, -0.2) is 88.2 Å². The number of hydrogen-bond donors (Lipinski definition) is 3. The molecule has 4 aromatic rings. The van der Waals surface area contributed by atoms with Crippen LogP contribution >= 0.6 is 0 Å². The molecule has 2 amide bonds. The fourth-order valence-electron chi connectivity index (χ4n) is 6.65. The molecule has 2 fully saturated rings. The molecule has 3 aromatic carbocycles. The minimum absolute atomic E-state index is 0.347. The third-order valence-electron chi connectivity index (χ3n) is 9.40. The second-order valence-corrected chi connectivity index (χ2v) is 15.7. The number of morpholine rings is 2. The van der Waals surface area contributed by atoms with E-state index in [9.17, 15) is 9.59 Å². The fourth-order valence-corrected chi connectivity index (χ4v) is 6.65. The zero-order valence-corrected chi connectivity index (χ0v) is 31.2. The summed E-state index contributed by atoms with van der Waals surface area (Å²) in [5.41, 5.74) is 11.0. The van der Waals surface area contributed by atoms with Gasteiger partial charge in [-0.25, -0.2) is 14.6 Å². The molecule has 7 rings (SSSR count). The van der Waals surface area contributed by atoms with Crippen molar-refractivity contribution in [3.05, 3.63) is 96.2 Å². The lowest BCUT2D eigenvalue weighted by molar-refractivity contribution is -0.0357. The van der Waals surface area contributed by atoms with Crippen molar-refractivity contribution in [1.82, 2.24) is 25.1 Å². The lowest BCUT2D eigenvalue weighted by atomic mass is 9.98. The number of benzene rings is 3. The number of rotatable bonds is 6. The molecule has 1 aromatic heterocycles. The Hall–Kier alpha value is -5.33. The molecule has 0 radical (unpaired) electrons. The number of fused-ring (bicyclic) bond motifs is 1. The Kier molecular flexibility index (Phi) is 9.46. The number of nitrogens with one attached hydrogen (secondary N) is 2. The van der Waals surface area contributed by atoms with Crippen LogP contribution in [0.15, 0.2) is 84.8 Å². The van der Waals surface area contributed by atoms with Gasteiger partial charge >= 0.3 is 12.2 Å². The van der Waals surface area contributed by atoms with Gasteiger partial charge in [-0.05, 0) is 92.8 Å². The van der Waals surface area contributed by atoms with E-state index >= 15 is 0 Å². The molecule has 12 nitrogen and oxygen atoms in total. The van der Waals surface area contributed by atoms with Crippen molar-refractivity contribution < 1.29 is 28.5 Å². The quantitative estimate of drug-likeness (QED) is 0.193. The standard InChI is InChI=1S/C41H48N6O6/c1-39(2,3)52-37(48)46-15-17-50-24-34(46)36-44-23-33(45-36)27-9-7-26(8-10-27)28-11-12-30-20-31(14-13-29(30)19-28)32(42)22-43-35-21-41(35)25-51-18-16-47(41)38(49)53-40(4,5)6/h7-14,19-23,34,43H,15-18,24-25,42H2,1-6H3,(H,44,45)/b32-22-/t34-,41?/m0/s1. The zero-order chi connectivity index (χ0) is 37.5. The first kappa shape index (κ1) is 36.0. The van der Waals surface area contributed by atoms with Gasteiger partial charge in [-0.1, -0.05) is 48.5 Å². The average molecular weight is 721 g/mol. The maximum Gasteiger partial charge on any atom is 0.411 e. The Morgan fingerprint density at radius 2 is 1.55 bits per heavy atom. The summed E-state index contributed by atoms with van der Waals surface area (Å²) in [6, 6.07) is 20.5. The number of amides is 2. The summed E-state index contributed by atoms with van der Waals surface area (Å²) >= 11 is 0. The Morgan fingerprint density at radius 1 is 0.887 bits per heavy atom. The van der Waals surface area contributed by atoms with E-state index in [2.05, 4.69) is 69.9 Å². The average Bonchev–Trinajstić information content (AvgIpc) is 3.55. The zero-order valence-electron chi connectivity index (χ0n) is 31.2. The monoisotopic (exact) mass is 720 g/mol. The summed E-state index contributed by atoms with van der Waals surface area (Å²) in [7, 11) is 0. The number of hydrogen-bond acceptors (Lipinski definition) is 9. The number of imidazole rings is 1. The van der Waals surface area contributed by atoms with Crippen LogP contribution in [0.1, 0.15) is 59.0 Å². The van der Waals surface area contributed by atoms with Gasteiger partial charge in [-0.15, -0.1) is 0 Å². The summed E-state index contributed by atoms with van der Waals surface area (Å²) in [6.07, 6.45) is 4.80. The molecule has 0 bridgehead atoms. The van der Waals surface area contributed by atoms with E-state index in [1.807, 2.05) is 53.7 Å². The van der Waals surface area contributed by atoms with E-state index in [0.29, 0.717) is 51.0 Å². The van der Waals surface area contributed by atoms with Crippen LogP contribution < -0.4 is 11.1 Å². The second-order valence-electron chi connectivity index (χ2n) is 15.7.